The molecule has 11 rings (SSSR count). The summed E-state index contributed by atoms with van der Waals surface area (Å²) in [6.45, 7) is 15.5. The molecular weight excluding hydrogens is 1070 g/mol. The summed E-state index contributed by atoms with van der Waals surface area (Å²) in [4.78, 5) is 39.3. The number of anilines is 1. The Morgan fingerprint density at radius 3 is 1.66 bits per heavy atom. The fraction of sp³-hybridized carbons (Fsp3) is 0.289. The number of allylic oxidation sites excluding steroid dienone is 6. The van der Waals surface area contributed by atoms with Crippen LogP contribution in [0, 0.1) is 0 Å². The second kappa shape index (κ2) is 28.1. The van der Waals surface area contributed by atoms with E-state index in [4.69, 9.17) is 4.74 Å². The molecule has 0 bridgehead atoms. The van der Waals surface area contributed by atoms with Crippen LogP contribution in [0.15, 0.2) is 225 Å². The molecule has 0 saturated heterocycles. The first-order chi connectivity index (χ1) is 42.5. The van der Waals surface area contributed by atoms with Gasteiger partial charge < -0.3 is 15.0 Å². The lowest BCUT2D eigenvalue weighted by atomic mass is 9.79. The predicted octanol–water partition coefficient (Wildman–Crippen LogP) is 15.3. The number of rotatable bonds is 27. The summed E-state index contributed by atoms with van der Waals surface area (Å²) in [6.07, 6.45) is 23.5. The van der Waals surface area contributed by atoms with Gasteiger partial charge in [-0.2, -0.15) is 4.58 Å². The average molecular weight is 1150 g/mol. The number of unbranched alkanes of at least 4 members (excludes halogenated alkanes) is 3. The normalized spacial score (nSPS) is 14.8. The summed E-state index contributed by atoms with van der Waals surface area (Å²) in [7, 11) is 2.19. The minimum atomic E-state index is -0.208. The second-order valence-electron chi connectivity index (χ2n) is 24.3. The molecule has 0 spiro atoms. The Hall–Kier alpha value is -8.90. The number of benzene rings is 5. The molecule has 0 aliphatic carbocycles. The van der Waals surface area contributed by atoms with Gasteiger partial charge in [-0.3, -0.25) is 34.5 Å². The molecule has 2 aliphatic rings. The van der Waals surface area contributed by atoms with Gasteiger partial charge in [0.25, 0.3) is 0 Å². The predicted molar refractivity (Wildman–Crippen MR) is 354 cm³/mol. The van der Waals surface area contributed by atoms with Crippen molar-refractivity contribution in [3.8, 4) is 5.75 Å². The molecule has 0 atom stereocenters. The molecule has 5 aromatic carbocycles. The molecule has 6 heterocycles. The van der Waals surface area contributed by atoms with Gasteiger partial charge in [0.2, 0.25) is 11.6 Å². The molecule has 87 heavy (non-hydrogen) atoms. The molecule has 0 saturated carbocycles. The third kappa shape index (κ3) is 14.7. The number of nitrogens with one attached hydrogen (secondary N) is 1. The summed E-state index contributed by atoms with van der Waals surface area (Å²) in [5.41, 5.74) is 13.8. The van der Waals surface area contributed by atoms with E-state index in [-0.39, 0.29) is 16.7 Å². The lowest BCUT2D eigenvalue weighted by Crippen LogP contribution is -2.27. The highest BCUT2D eigenvalue weighted by Gasteiger charge is 2.44. The lowest BCUT2D eigenvalue weighted by molar-refractivity contribution is -0.401. The molecule has 2 aliphatic heterocycles. The van der Waals surface area contributed by atoms with Crippen LogP contribution in [0.5, 0.6) is 5.75 Å². The zero-order chi connectivity index (χ0) is 60.0. The van der Waals surface area contributed by atoms with Crippen molar-refractivity contribution in [2.24, 2.45) is 0 Å². The van der Waals surface area contributed by atoms with Crippen LogP contribution in [0.2, 0.25) is 0 Å². The van der Waals surface area contributed by atoms with E-state index < -0.39 is 0 Å². The number of fused-ring (bicyclic) bond motifs is 6. The second-order valence-corrected chi connectivity index (χ2v) is 24.3. The summed E-state index contributed by atoms with van der Waals surface area (Å²) in [5.74, 6) is 0.936. The molecule has 9 aromatic rings. The van der Waals surface area contributed by atoms with Crippen LogP contribution in [0.4, 0.5) is 11.4 Å². The average Bonchev–Trinajstić information content (AvgIpc) is 1.66. The Morgan fingerprint density at radius 2 is 1.09 bits per heavy atom. The highest BCUT2D eigenvalue weighted by Crippen LogP contribution is 2.51. The van der Waals surface area contributed by atoms with E-state index in [1.807, 2.05) is 73.3 Å². The minimum Gasteiger partial charge on any atom is -0.494 e. The number of ether oxygens (including phenoxy) is 1. The number of aromatic nitrogens is 4. The van der Waals surface area contributed by atoms with Crippen LogP contribution in [0.1, 0.15) is 111 Å². The molecule has 0 fully saturated rings. The number of nitrogens with zero attached hydrogens (tertiary/aromatic N) is 8. The quantitative estimate of drug-likeness (QED) is 0.0306. The number of amides is 1. The molecule has 11 heteroatoms. The van der Waals surface area contributed by atoms with E-state index in [9.17, 15) is 4.79 Å². The molecule has 4 aromatic heterocycles. The van der Waals surface area contributed by atoms with Crippen LogP contribution in [0.3, 0.4) is 0 Å². The Bertz CT molecular complexity index is 3730. The van der Waals surface area contributed by atoms with Gasteiger partial charge in [0.05, 0.1) is 34.8 Å². The molecule has 0 radical (unpaired) electrons. The maximum atomic E-state index is 13.3. The molecule has 11 nitrogen and oxygen atoms in total. The number of hydrogen-bond acceptors (Lipinski definition) is 9. The third-order valence-electron chi connectivity index (χ3n) is 17.1. The first-order valence-electron chi connectivity index (χ1n) is 31.0. The van der Waals surface area contributed by atoms with Crippen LogP contribution in [0.25, 0.3) is 21.5 Å². The summed E-state index contributed by atoms with van der Waals surface area (Å²) < 4.78 is 8.95. The van der Waals surface area contributed by atoms with Crippen molar-refractivity contribution in [3.63, 3.8) is 0 Å². The van der Waals surface area contributed by atoms with Crippen molar-refractivity contribution in [2.45, 2.75) is 116 Å². The van der Waals surface area contributed by atoms with E-state index in [1.54, 1.807) is 0 Å². The third-order valence-corrected chi connectivity index (χ3v) is 17.1. The molecular formula is C76H82N9O2+. The van der Waals surface area contributed by atoms with Crippen molar-refractivity contribution < 1.29 is 14.1 Å². The van der Waals surface area contributed by atoms with Crippen LogP contribution in [-0.4, -0.2) is 72.7 Å². The number of carbonyl (C=O) groups is 1. The van der Waals surface area contributed by atoms with Crippen molar-refractivity contribution in [3.05, 3.63) is 270 Å². The standard InChI is InChI=1S/C76H81N9O2/c1-75(2)70(82(5)68-39-37-59-26-11-13-32-66(59)73(68)75)34-8-6-9-35-71-76(3,4)74-67-33-14-12-27-60(67)38-40-69(74)85(71)46-24-7-10-36-72(86)81-45-23-25-47-87-65-49-57(51-83(53-61-28-15-19-41-77-61)54-62-29-16-20-42-78-62)48-58(50-65)52-84(55-63-30-17-21-43-79-63)56-64-31-18-22-44-80-64/h6,8-9,11-22,26-35,37-44,48-50H,7,10,23-25,36,45-47,51-56H2,1-5H3/p+1. The van der Waals surface area contributed by atoms with Gasteiger partial charge in [0.15, 0.2) is 5.71 Å². The van der Waals surface area contributed by atoms with Gasteiger partial charge in [-0.25, -0.2) is 0 Å². The SMILES string of the molecule is C[N+]1=C(/C=C/C=C/C=C2/N(CCCCCC(=O)NCCCCOc3cc(CN(Cc4ccccn4)Cc4ccccn4)cc(CN(Cc4ccccn4)Cc4ccccn4)c3)c3ccc4ccccc4c3C2(C)C)C(C)(C)c2c1ccc1ccccc21. The van der Waals surface area contributed by atoms with Crippen LogP contribution < -0.4 is 15.0 Å². The van der Waals surface area contributed by atoms with Crippen molar-refractivity contribution >= 4 is 44.5 Å². The van der Waals surface area contributed by atoms with Crippen LogP contribution >= 0.6 is 0 Å². The zero-order valence-electron chi connectivity index (χ0n) is 51.3. The molecule has 1 amide bonds. The van der Waals surface area contributed by atoms with Gasteiger partial charge in [-0.1, -0.05) is 123 Å². The largest absolute Gasteiger partial charge is 0.494 e. The lowest BCUT2D eigenvalue weighted by Gasteiger charge is -2.27. The monoisotopic (exact) mass is 1150 g/mol. The molecule has 442 valence electrons. The van der Waals surface area contributed by atoms with Crippen molar-refractivity contribution in [2.75, 3.05) is 31.6 Å². The highest BCUT2D eigenvalue weighted by molar-refractivity contribution is 6.07. The van der Waals surface area contributed by atoms with Crippen molar-refractivity contribution in [1.82, 2.24) is 35.1 Å². The summed E-state index contributed by atoms with van der Waals surface area (Å²) in [5, 5.41) is 8.37. The van der Waals surface area contributed by atoms with Crippen LogP contribution in [-0.2, 0) is 54.9 Å². The van der Waals surface area contributed by atoms with E-state index in [1.165, 1.54) is 55.5 Å². The zero-order valence-corrected chi connectivity index (χ0v) is 51.3. The van der Waals surface area contributed by atoms with E-state index in [2.05, 4.69) is 225 Å². The smallest absolute Gasteiger partial charge is 0.219 e. The van der Waals surface area contributed by atoms with Gasteiger partial charge >= 0.3 is 0 Å². The maximum absolute atomic E-state index is 13.3. The highest BCUT2D eigenvalue weighted by atomic mass is 16.5. The van der Waals surface area contributed by atoms with E-state index in [0.29, 0.717) is 58.8 Å². The van der Waals surface area contributed by atoms with Crippen molar-refractivity contribution in [1.29, 1.82) is 0 Å². The fourth-order valence-corrected chi connectivity index (χ4v) is 13.0. The van der Waals surface area contributed by atoms with Gasteiger partial charge in [0.1, 0.15) is 12.8 Å². The first-order valence-corrected chi connectivity index (χ1v) is 31.0. The minimum absolute atomic E-state index is 0.107. The fourth-order valence-electron chi connectivity index (χ4n) is 13.0. The Morgan fingerprint density at radius 1 is 0.552 bits per heavy atom. The molecule has 0 unspecified atom stereocenters. The van der Waals surface area contributed by atoms with E-state index in [0.717, 1.165) is 78.3 Å². The Balaban J connectivity index is 0.695. The molecule has 1 N–H and O–H groups in total. The summed E-state index contributed by atoms with van der Waals surface area (Å²) >= 11 is 0. The number of hydrogen-bond donors (Lipinski definition) is 1. The number of pyridine rings is 4. The van der Waals surface area contributed by atoms with Gasteiger partial charge in [-0.15, -0.1) is 0 Å². The Kier molecular flexibility index (Phi) is 19.3. The summed E-state index contributed by atoms with van der Waals surface area (Å²) in [6, 6.07) is 57.5. The van der Waals surface area contributed by atoms with Gasteiger partial charge in [-0.05, 0) is 157 Å². The van der Waals surface area contributed by atoms with E-state index >= 15 is 0 Å². The first kappa shape index (κ1) is 59.8. The number of carbonyl (C=O) groups excluding carboxylic acids is 1. The Labute approximate surface area is 514 Å². The topological polar surface area (TPSA) is 103 Å². The maximum Gasteiger partial charge on any atom is 0.219 e. The van der Waals surface area contributed by atoms with Gasteiger partial charge in [0, 0.05) is 118 Å².